The number of nitrogen functional groups attached to an aromatic ring is 1. The number of nitrogens with two attached hydrogens (primary N) is 2. The van der Waals surface area contributed by atoms with E-state index in [2.05, 4.69) is 15.0 Å². The molecule has 0 saturated heterocycles. The Balaban J connectivity index is 1.84. The third-order valence-corrected chi connectivity index (χ3v) is 5.32. The number of anilines is 3. The summed E-state index contributed by atoms with van der Waals surface area (Å²) in [6.45, 7) is 5.48. The molecule has 33 heavy (non-hydrogen) atoms. The van der Waals surface area contributed by atoms with Gasteiger partial charge in [-0.25, -0.2) is 19.2 Å². The third-order valence-electron chi connectivity index (χ3n) is 5.32. The van der Waals surface area contributed by atoms with Gasteiger partial charge in [-0.1, -0.05) is 12.1 Å². The van der Waals surface area contributed by atoms with Crippen LogP contribution in [0.1, 0.15) is 41.4 Å². The van der Waals surface area contributed by atoms with Crippen molar-refractivity contribution >= 4 is 40.0 Å². The summed E-state index contributed by atoms with van der Waals surface area (Å²) in [6.07, 6.45) is 5.70. The van der Waals surface area contributed by atoms with Crippen LogP contribution in [0.15, 0.2) is 49.2 Å². The molecule has 0 spiro atoms. The van der Waals surface area contributed by atoms with Crippen LogP contribution in [0.4, 0.5) is 26.4 Å². The highest BCUT2D eigenvalue weighted by atomic mass is 19.1. The van der Waals surface area contributed by atoms with E-state index in [1.807, 2.05) is 18.4 Å². The summed E-state index contributed by atoms with van der Waals surface area (Å²) in [5.74, 6) is -0.824. The lowest BCUT2D eigenvalue weighted by Gasteiger charge is -2.22. The molecule has 0 aliphatic heterocycles. The normalized spacial score (nSPS) is 11.2. The molecule has 1 aromatic carbocycles. The number of aryl methyl sites for hydroxylation is 1. The van der Waals surface area contributed by atoms with Gasteiger partial charge in [0.25, 0.3) is 0 Å². The van der Waals surface area contributed by atoms with Crippen molar-refractivity contribution in [1.29, 1.82) is 0 Å². The zero-order valence-corrected chi connectivity index (χ0v) is 18.3. The minimum atomic E-state index is -0.917. The molecule has 9 nitrogen and oxygen atoms in total. The fourth-order valence-electron chi connectivity index (χ4n) is 3.69. The summed E-state index contributed by atoms with van der Waals surface area (Å²) in [7, 11) is 0. The van der Waals surface area contributed by atoms with Gasteiger partial charge in [0.05, 0.1) is 28.5 Å². The Morgan fingerprint density at radius 1 is 1.18 bits per heavy atom. The summed E-state index contributed by atoms with van der Waals surface area (Å²) in [4.78, 5) is 39.1. The van der Waals surface area contributed by atoms with Crippen molar-refractivity contribution in [3.05, 3.63) is 71.7 Å². The number of carbonyl (C=O) groups excluding carboxylic acids is 2. The van der Waals surface area contributed by atoms with Gasteiger partial charge in [-0.15, -0.1) is 0 Å². The van der Waals surface area contributed by atoms with Gasteiger partial charge in [0.1, 0.15) is 23.6 Å². The molecule has 0 bridgehead atoms. The number of rotatable bonds is 5. The van der Waals surface area contributed by atoms with Crippen LogP contribution in [0.2, 0.25) is 0 Å². The third kappa shape index (κ3) is 3.75. The zero-order chi connectivity index (χ0) is 23.9. The van der Waals surface area contributed by atoms with Crippen molar-refractivity contribution in [2.75, 3.05) is 10.6 Å². The lowest BCUT2D eigenvalue weighted by molar-refractivity contribution is 0.103. The van der Waals surface area contributed by atoms with Crippen LogP contribution in [0, 0.1) is 12.7 Å². The molecular weight excluding hydrogens is 425 g/mol. The first-order valence-corrected chi connectivity index (χ1v) is 10.2. The lowest BCUT2D eigenvalue weighted by Crippen LogP contribution is -2.32. The fraction of sp³-hybridized carbons (Fsp3) is 0.174. The lowest BCUT2D eigenvalue weighted by atomic mass is 10.0. The van der Waals surface area contributed by atoms with Crippen molar-refractivity contribution in [2.45, 2.75) is 26.8 Å². The molecule has 3 heterocycles. The molecular formula is C23H22FN7O2. The van der Waals surface area contributed by atoms with E-state index in [9.17, 15) is 14.0 Å². The maximum absolute atomic E-state index is 14.8. The smallest absolute Gasteiger partial charge is 0.324 e. The van der Waals surface area contributed by atoms with Crippen LogP contribution in [0.5, 0.6) is 0 Å². The molecule has 0 saturated carbocycles. The van der Waals surface area contributed by atoms with E-state index in [1.165, 1.54) is 30.9 Å². The van der Waals surface area contributed by atoms with Crippen LogP contribution >= 0.6 is 0 Å². The van der Waals surface area contributed by atoms with Crippen molar-refractivity contribution in [3.63, 3.8) is 0 Å². The summed E-state index contributed by atoms with van der Waals surface area (Å²) < 4.78 is 16.6. The number of aromatic nitrogens is 4. The molecule has 168 valence electrons. The molecule has 4 rings (SSSR count). The quantitative estimate of drug-likeness (QED) is 0.446. The molecule has 0 aliphatic rings. The highest BCUT2D eigenvalue weighted by molar-refractivity contribution is 6.18. The Labute approximate surface area is 188 Å². The number of nitrogens with zero attached hydrogens (tertiary/aromatic N) is 5. The van der Waals surface area contributed by atoms with Crippen molar-refractivity contribution in [2.24, 2.45) is 5.73 Å². The highest BCUT2D eigenvalue weighted by Gasteiger charge is 2.24. The van der Waals surface area contributed by atoms with Crippen molar-refractivity contribution < 1.29 is 14.0 Å². The Morgan fingerprint density at radius 2 is 1.94 bits per heavy atom. The first-order valence-electron chi connectivity index (χ1n) is 10.2. The molecule has 3 aromatic heterocycles. The highest BCUT2D eigenvalue weighted by Crippen LogP contribution is 2.32. The van der Waals surface area contributed by atoms with E-state index in [1.54, 1.807) is 25.3 Å². The van der Waals surface area contributed by atoms with Crippen LogP contribution in [-0.2, 0) is 0 Å². The minimum Gasteiger partial charge on any atom is -0.383 e. The molecule has 2 amide bonds. The Morgan fingerprint density at radius 3 is 2.64 bits per heavy atom. The second kappa shape index (κ2) is 8.30. The van der Waals surface area contributed by atoms with Gasteiger partial charge < -0.3 is 16.0 Å². The number of carbonyl (C=O) groups is 2. The number of benzene rings is 1. The fourth-order valence-corrected chi connectivity index (χ4v) is 3.69. The van der Waals surface area contributed by atoms with E-state index >= 15 is 0 Å². The van der Waals surface area contributed by atoms with Gasteiger partial charge in [-0.2, -0.15) is 0 Å². The average molecular weight is 447 g/mol. The zero-order valence-electron chi connectivity index (χ0n) is 18.3. The molecule has 4 N–H and O–H groups in total. The Bertz CT molecular complexity index is 1400. The van der Waals surface area contributed by atoms with Crippen LogP contribution < -0.4 is 16.4 Å². The number of pyridine rings is 1. The maximum Gasteiger partial charge on any atom is 0.324 e. The largest absolute Gasteiger partial charge is 0.383 e. The number of hydrogen-bond donors (Lipinski definition) is 2. The van der Waals surface area contributed by atoms with E-state index in [4.69, 9.17) is 11.5 Å². The summed E-state index contributed by atoms with van der Waals surface area (Å²) in [5, 5.41) is 0.429. The second-order valence-electron chi connectivity index (χ2n) is 7.84. The topological polar surface area (TPSA) is 133 Å². The number of ketones is 1. The summed E-state index contributed by atoms with van der Waals surface area (Å²) >= 11 is 0. The van der Waals surface area contributed by atoms with E-state index < -0.39 is 17.6 Å². The molecule has 10 heteroatoms. The molecule has 0 fully saturated rings. The van der Waals surface area contributed by atoms with Gasteiger partial charge in [0, 0.05) is 24.0 Å². The number of primary amides is 1. The van der Waals surface area contributed by atoms with Gasteiger partial charge >= 0.3 is 6.03 Å². The first-order chi connectivity index (χ1) is 15.7. The number of halogens is 1. The number of urea groups is 1. The van der Waals surface area contributed by atoms with Crippen molar-refractivity contribution in [3.8, 4) is 0 Å². The Kier molecular flexibility index (Phi) is 5.50. The molecule has 0 unspecified atom stereocenters. The van der Waals surface area contributed by atoms with Crippen LogP contribution in [0.25, 0.3) is 11.0 Å². The minimum absolute atomic E-state index is 0.0162. The molecule has 4 aromatic rings. The molecule has 0 radical (unpaired) electrons. The maximum atomic E-state index is 14.8. The SMILES string of the molecule is Cc1cccc(N(C(N)=O)c2cncc(C(=O)c3cn(C(C)C)c4ncnc(N)c34)c2)c1F. The average Bonchev–Trinajstić information content (AvgIpc) is 3.18. The first kappa shape index (κ1) is 21.9. The van der Waals surface area contributed by atoms with Gasteiger partial charge in [0.15, 0.2) is 5.78 Å². The number of fused-ring (bicyclic) bond motifs is 1. The summed E-state index contributed by atoms with van der Waals surface area (Å²) in [5.41, 5.74) is 13.1. The monoisotopic (exact) mass is 447 g/mol. The van der Waals surface area contributed by atoms with E-state index in [-0.39, 0.29) is 28.8 Å². The predicted octanol–water partition coefficient (Wildman–Crippen LogP) is 3.88. The second-order valence-corrected chi connectivity index (χ2v) is 7.84. The number of amides is 2. The number of hydrogen-bond acceptors (Lipinski definition) is 6. The molecule has 0 aliphatic carbocycles. The van der Waals surface area contributed by atoms with Gasteiger partial charge in [0.2, 0.25) is 0 Å². The summed E-state index contributed by atoms with van der Waals surface area (Å²) in [6, 6.07) is 5.14. The standard InChI is InChI=1S/C23H22FN7O2/c1-12(2)30-10-16(18-21(25)28-11-29-22(18)30)20(32)14-7-15(9-27-8-14)31(23(26)33)17-6-4-5-13(3)19(17)24/h4-12H,1-3H3,(H2,26,33)(H2,25,28,29). The van der Waals surface area contributed by atoms with Gasteiger partial charge in [-0.05, 0) is 38.5 Å². The van der Waals surface area contributed by atoms with E-state index in [0.717, 1.165) is 4.90 Å². The van der Waals surface area contributed by atoms with E-state index in [0.29, 0.717) is 22.2 Å². The van der Waals surface area contributed by atoms with Crippen LogP contribution in [-0.4, -0.2) is 31.3 Å². The molecule has 0 atom stereocenters. The Hall–Kier alpha value is -4.34. The van der Waals surface area contributed by atoms with Gasteiger partial charge in [-0.3, -0.25) is 14.7 Å². The predicted molar refractivity (Wildman–Crippen MR) is 123 cm³/mol. The van der Waals surface area contributed by atoms with Crippen LogP contribution in [0.3, 0.4) is 0 Å². The van der Waals surface area contributed by atoms with Crippen molar-refractivity contribution in [1.82, 2.24) is 19.5 Å².